The van der Waals surface area contributed by atoms with Crippen molar-refractivity contribution in [2.45, 2.75) is 40.7 Å². The van der Waals surface area contributed by atoms with Crippen LogP contribution in [0.3, 0.4) is 0 Å². The summed E-state index contributed by atoms with van der Waals surface area (Å²) in [7, 11) is 0. The van der Waals surface area contributed by atoms with E-state index in [0.29, 0.717) is 0 Å². The SMILES string of the molecule is CCCNCc1cc(C)ccc1-n1nc(C)c(Cl)c1C. The Hall–Kier alpha value is -1.32. The van der Waals surface area contributed by atoms with Crippen LogP contribution in [-0.4, -0.2) is 16.3 Å². The molecule has 0 aliphatic carbocycles. The number of halogens is 1. The van der Waals surface area contributed by atoms with Gasteiger partial charge in [0.15, 0.2) is 0 Å². The Labute approximate surface area is 126 Å². The molecule has 0 saturated heterocycles. The summed E-state index contributed by atoms with van der Waals surface area (Å²) in [5.74, 6) is 0. The van der Waals surface area contributed by atoms with E-state index in [-0.39, 0.29) is 0 Å². The Morgan fingerprint density at radius 2 is 2.00 bits per heavy atom. The maximum atomic E-state index is 6.26. The molecule has 0 unspecified atom stereocenters. The smallest absolute Gasteiger partial charge is 0.0848 e. The summed E-state index contributed by atoms with van der Waals surface area (Å²) in [5, 5.41) is 8.76. The summed E-state index contributed by atoms with van der Waals surface area (Å²) in [6.45, 7) is 10.1. The fraction of sp³-hybridized carbons (Fsp3) is 0.438. The first-order chi connectivity index (χ1) is 9.54. The van der Waals surface area contributed by atoms with E-state index < -0.39 is 0 Å². The van der Waals surface area contributed by atoms with E-state index in [9.17, 15) is 0 Å². The number of nitrogens with one attached hydrogen (secondary N) is 1. The van der Waals surface area contributed by atoms with Crippen LogP contribution in [0.5, 0.6) is 0 Å². The molecule has 1 N–H and O–H groups in total. The van der Waals surface area contributed by atoms with Gasteiger partial charge in [0, 0.05) is 6.54 Å². The molecule has 0 amide bonds. The molecule has 0 saturated carbocycles. The topological polar surface area (TPSA) is 29.9 Å². The van der Waals surface area contributed by atoms with Gasteiger partial charge in [0.05, 0.1) is 22.1 Å². The van der Waals surface area contributed by atoms with Gasteiger partial charge in [0.25, 0.3) is 0 Å². The first-order valence-electron chi connectivity index (χ1n) is 7.07. The zero-order valence-electron chi connectivity index (χ0n) is 12.6. The fourth-order valence-corrected chi connectivity index (χ4v) is 2.44. The van der Waals surface area contributed by atoms with Gasteiger partial charge in [-0.2, -0.15) is 5.10 Å². The second-order valence-electron chi connectivity index (χ2n) is 5.21. The summed E-state index contributed by atoms with van der Waals surface area (Å²) < 4.78 is 1.94. The second kappa shape index (κ2) is 6.42. The van der Waals surface area contributed by atoms with Crippen LogP contribution in [0.2, 0.25) is 5.02 Å². The molecule has 1 aromatic carbocycles. The molecular formula is C16H22ClN3. The third kappa shape index (κ3) is 3.05. The highest BCUT2D eigenvalue weighted by Gasteiger charge is 2.13. The molecule has 4 heteroatoms. The minimum atomic E-state index is 0.748. The van der Waals surface area contributed by atoms with Crippen molar-refractivity contribution in [2.24, 2.45) is 0 Å². The van der Waals surface area contributed by atoms with Gasteiger partial charge < -0.3 is 5.32 Å². The third-order valence-electron chi connectivity index (χ3n) is 3.41. The largest absolute Gasteiger partial charge is 0.313 e. The Balaban J connectivity index is 2.42. The Morgan fingerprint density at radius 3 is 2.60 bits per heavy atom. The summed E-state index contributed by atoms with van der Waals surface area (Å²) in [6.07, 6.45) is 1.13. The normalized spacial score (nSPS) is 11.1. The predicted molar refractivity (Wildman–Crippen MR) is 84.8 cm³/mol. The fourth-order valence-electron chi connectivity index (χ4n) is 2.32. The summed E-state index contributed by atoms with van der Waals surface area (Å²) in [5.41, 5.74) is 5.48. The zero-order chi connectivity index (χ0) is 14.7. The Morgan fingerprint density at radius 1 is 1.25 bits per heavy atom. The minimum absolute atomic E-state index is 0.748. The van der Waals surface area contributed by atoms with E-state index in [1.54, 1.807) is 0 Å². The van der Waals surface area contributed by atoms with Gasteiger partial charge in [-0.1, -0.05) is 36.2 Å². The molecular weight excluding hydrogens is 270 g/mol. The number of hydrogen-bond acceptors (Lipinski definition) is 2. The Kier molecular flexibility index (Phi) is 4.84. The highest BCUT2D eigenvalue weighted by atomic mass is 35.5. The first kappa shape index (κ1) is 15.1. The minimum Gasteiger partial charge on any atom is -0.313 e. The van der Waals surface area contributed by atoms with E-state index in [1.807, 2.05) is 18.5 Å². The molecule has 1 aromatic heterocycles. The van der Waals surface area contributed by atoms with Gasteiger partial charge in [0.1, 0.15) is 0 Å². The lowest BCUT2D eigenvalue weighted by molar-refractivity contribution is 0.668. The Bertz CT molecular complexity index is 602. The lowest BCUT2D eigenvalue weighted by atomic mass is 10.1. The summed E-state index contributed by atoms with van der Waals surface area (Å²) in [4.78, 5) is 0. The standard InChI is InChI=1S/C16H22ClN3/c1-5-8-18-10-14-9-11(2)6-7-15(14)20-13(4)16(17)12(3)19-20/h6-7,9,18H,5,8,10H2,1-4H3. The quantitative estimate of drug-likeness (QED) is 0.845. The van der Waals surface area contributed by atoms with E-state index in [1.165, 1.54) is 11.1 Å². The van der Waals surface area contributed by atoms with E-state index >= 15 is 0 Å². The van der Waals surface area contributed by atoms with Crippen LogP contribution in [0.4, 0.5) is 0 Å². The number of nitrogens with zero attached hydrogens (tertiary/aromatic N) is 2. The maximum absolute atomic E-state index is 6.26. The predicted octanol–water partition coefficient (Wildman–Crippen LogP) is 3.95. The van der Waals surface area contributed by atoms with Crippen LogP contribution in [-0.2, 0) is 6.54 Å². The van der Waals surface area contributed by atoms with Crippen LogP contribution in [0.15, 0.2) is 18.2 Å². The average molecular weight is 292 g/mol. The summed E-state index contributed by atoms with van der Waals surface area (Å²) >= 11 is 6.26. The van der Waals surface area contributed by atoms with Gasteiger partial charge in [-0.15, -0.1) is 0 Å². The molecule has 1 heterocycles. The first-order valence-corrected chi connectivity index (χ1v) is 7.44. The van der Waals surface area contributed by atoms with Crippen molar-refractivity contribution >= 4 is 11.6 Å². The molecule has 20 heavy (non-hydrogen) atoms. The van der Waals surface area contributed by atoms with Crippen molar-refractivity contribution in [3.63, 3.8) is 0 Å². The second-order valence-corrected chi connectivity index (χ2v) is 5.58. The van der Waals surface area contributed by atoms with Crippen LogP contribution >= 0.6 is 11.6 Å². The number of aryl methyl sites for hydroxylation is 2. The highest BCUT2D eigenvalue weighted by molar-refractivity contribution is 6.31. The van der Waals surface area contributed by atoms with Crippen molar-refractivity contribution in [3.05, 3.63) is 45.7 Å². The molecule has 0 bridgehead atoms. The van der Waals surface area contributed by atoms with E-state index in [2.05, 4.69) is 42.5 Å². The summed E-state index contributed by atoms with van der Waals surface area (Å²) in [6, 6.07) is 6.44. The van der Waals surface area contributed by atoms with Crippen molar-refractivity contribution in [1.29, 1.82) is 0 Å². The highest BCUT2D eigenvalue weighted by Crippen LogP contribution is 2.24. The molecule has 0 fully saturated rings. The van der Waals surface area contributed by atoms with E-state index in [0.717, 1.165) is 41.6 Å². The lowest BCUT2D eigenvalue weighted by Crippen LogP contribution is -2.16. The van der Waals surface area contributed by atoms with Crippen LogP contribution in [0, 0.1) is 20.8 Å². The van der Waals surface area contributed by atoms with E-state index in [4.69, 9.17) is 11.6 Å². The van der Waals surface area contributed by atoms with Gasteiger partial charge in [-0.05, 0) is 45.4 Å². The van der Waals surface area contributed by atoms with Gasteiger partial charge in [-0.25, -0.2) is 4.68 Å². The molecule has 0 atom stereocenters. The molecule has 0 aliphatic heterocycles. The monoisotopic (exact) mass is 291 g/mol. The molecule has 0 aliphatic rings. The molecule has 2 rings (SSSR count). The van der Waals surface area contributed by atoms with Crippen molar-refractivity contribution in [2.75, 3.05) is 6.54 Å². The lowest BCUT2D eigenvalue weighted by Gasteiger charge is -2.13. The number of aromatic nitrogens is 2. The van der Waals surface area contributed by atoms with Crippen LogP contribution in [0.1, 0.15) is 35.9 Å². The van der Waals surface area contributed by atoms with Crippen molar-refractivity contribution < 1.29 is 0 Å². The average Bonchev–Trinajstić information content (AvgIpc) is 2.67. The molecule has 0 spiro atoms. The molecule has 0 radical (unpaired) electrons. The molecule has 2 aromatic rings. The van der Waals surface area contributed by atoms with Gasteiger partial charge in [-0.3, -0.25) is 0 Å². The van der Waals surface area contributed by atoms with Crippen LogP contribution < -0.4 is 5.32 Å². The van der Waals surface area contributed by atoms with Gasteiger partial charge >= 0.3 is 0 Å². The number of hydrogen-bond donors (Lipinski definition) is 1. The van der Waals surface area contributed by atoms with Crippen molar-refractivity contribution in [3.8, 4) is 5.69 Å². The molecule has 108 valence electrons. The maximum Gasteiger partial charge on any atom is 0.0848 e. The number of benzene rings is 1. The molecule has 3 nitrogen and oxygen atoms in total. The zero-order valence-corrected chi connectivity index (χ0v) is 13.4. The van der Waals surface area contributed by atoms with Gasteiger partial charge in [0.2, 0.25) is 0 Å². The van der Waals surface area contributed by atoms with Crippen LogP contribution in [0.25, 0.3) is 5.69 Å². The van der Waals surface area contributed by atoms with Crippen molar-refractivity contribution in [1.82, 2.24) is 15.1 Å². The third-order valence-corrected chi connectivity index (χ3v) is 3.96. The number of rotatable bonds is 5.